The van der Waals surface area contributed by atoms with Gasteiger partial charge in [-0.2, -0.15) is 0 Å². The predicted molar refractivity (Wildman–Crippen MR) is 91.3 cm³/mol. The van der Waals surface area contributed by atoms with Crippen molar-refractivity contribution in [2.24, 2.45) is 0 Å². The highest BCUT2D eigenvalue weighted by atomic mass is 16.7. The van der Waals surface area contributed by atoms with Crippen LogP contribution in [0.3, 0.4) is 0 Å². The fourth-order valence-corrected chi connectivity index (χ4v) is 3.25. The van der Waals surface area contributed by atoms with Gasteiger partial charge in [0.15, 0.2) is 11.5 Å². The lowest BCUT2D eigenvalue weighted by Crippen LogP contribution is -2.30. The number of para-hydroxylation sites is 1. The molecule has 134 valence electrons. The molecule has 1 atom stereocenters. The maximum atomic E-state index is 11.9. The van der Waals surface area contributed by atoms with Crippen LogP contribution in [0.25, 0.3) is 0 Å². The molecule has 0 aliphatic carbocycles. The number of anilines is 1. The largest absolute Gasteiger partial charge is 0.508 e. The molecular weight excluding hydrogens is 338 g/mol. The van der Waals surface area contributed by atoms with Gasteiger partial charge in [-0.15, -0.1) is 0 Å². The van der Waals surface area contributed by atoms with Crippen molar-refractivity contribution >= 4 is 17.4 Å². The molecule has 26 heavy (non-hydrogen) atoms. The van der Waals surface area contributed by atoms with Crippen molar-refractivity contribution in [1.82, 2.24) is 0 Å². The number of phenolic OH excluding ortho intramolecular Hbond substituents is 1. The molecule has 0 aromatic heterocycles. The molecule has 0 amide bonds. The third kappa shape index (κ3) is 2.61. The number of ether oxygens (including phenoxy) is 2. The van der Waals surface area contributed by atoms with Gasteiger partial charge in [0.25, 0.3) is 0 Å². The summed E-state index contributed by atoms with van der Waals surface area (Å²) in [5, 5.41) is 11.8. The summed E-state index contributed by atoms with van der Waals surface area (Å²) < 4.78 is 10.7. The number of aromatic hydroxyl groups is 1. The van der Waals surface area contributed by atoms with Crippen LogP contribution in [0.1, 0.15) is 30.4 Å². The number of carbonyl (C=O) groups is 2. The van der Waals surface area contributed by atoms with E-state index in [1.54, 1.807) is 13.0 Å². The number of carbonyl (C=O) groups excluding carboxylic acids is 2. The van der Waals surface area contributed by atoms with Crippen LogP contribution in [-0.4, -0.2) is 30.2 Å². The van der Waals surface area contributed by atoms with E-state index in [2.05, 4.69) is 0 Å². The van der Waals surface area contributed by atoms with Crippen LogP contribution in [-0.2, 0) is 14.4 Å². The second-order valence-electron chi connectivity index (χ2n) is 6.09. The van der Waals surface area contributed by atoms with E-state index in [1.807, 2.05) is 24.3 Å². The average molecular weight is 355 g/mol. The number of rotatable bonds is 4. The molecule has 1 N–H and O–H groups in total. The SMILES string of the molecule is CCC(=O)C(=O)ON1CC(c2cc3c(cc2O)OCO3)c2ccccc21. The number of nitrogens with zero attached hydrogens (tertiary/aromatic N) is 1. The van der Waals surface area contributed by atoms with E-state index in [1.165, 1.54) is 11.1 Å². The number of hydrogen-bond donors (Lipinski definition) is 1. The molecule has 0 saturated heterocycles. The Bertz CT molecular complexity index is 894. The zero-order chi connectivity index (χ0) is 18.3. The fraction of sp³-hybridized carbons (Fsp3) is 0.263. The Hall–Kier alpha value is -3.22. The molecule has 2 aromatic rings. The van der Waals surface area contributed by atoms with Gasteiger partial charge >= 0.3 is 5.97 Å². The third-order valence-electron chi connectivity index (χ3n) is 4.57. The normalized spacial score (nSPS) is 17.1. The van der Waals surface area contributed by atoms with E-state index < -0.39 is 11.8 Å². The molecule has 2 aromatic carbocycles. The van der Waals surface area contributed by atoms with Gasteiger partial charge in [-0.25, -0.2) is 9.86 Å². The first-order valence-electron chi connectivity index (χ1n) is 8.32. The van der Waals surface area contributed by atoms with Gasteiger partial charge in [0.1, 0.15) is 5.75 Å². The first kappa shape index (κ1) is 16.3. The van der Waals surface area contributed by atoms with Crippen LogP contribution >= 0.6 is 0 Å². The van der Waals surface area contributed by atoms with Gasteiger partial charge in [0.2, 0.25) is 12.6 Å². The van der Waals surface area contributed by atoms with Gasteiger partial charge < -0.3 is 19.4 Å². The second kappa shape index (κ2) is 6.25. The van der Waals surface area contributed by atoms with Crippen molar-refractivity contribution in [3.8, 4) is 17.2 Å². The quantitative estimate of drug-likeness (QED) is 0.844. The van der Waals surface area contributed by atoms with Gasteiger partial charge in [0, 0.05) is 24.0 Å². The molecular formula is C19H17NO6. The summed E-state index contributed by atoms with van der Waals surface area (Å²) in [6.07, 6.45) is 0.0840. The highest BCUT2D eigenvalue weighted by Crippen LogP contribution is 2.46. The highest BCUT2D eigenvalue weighted by molar-refractivity contribution is 6.33. The lowest BCUT2D eigenvalue weighted by molar-refractivity contribution is -0.154. The van der Waals surface area contributed by atoms with Crippen molar-refractivity contribution < 1.29 is 29.0 Å². The lowest BCUT2D eigenvalue weighted by atomic mass is 9.92. The van der Waals surface area contributed by atoms with Gasteiger partial charge in [-0.05, 0) is 17.7 Å². The number of hydroxylamine groups is 1. The summed E-state index contributed by atoms with van der Waals surface area (Å²) in [5.74, 6) is -0.590. The molecule has 2 aliphatic rings. The Morgan fingerprint density at radius 3 is 2.69 bits per heavy atom. The molecule has 0 fully saturated rings. The van der Waals surface area contributed by atoms with Crippen molar-refractivity contribution in [2.75, 3.05) is 18.4 Å². The molecule has 2 heterocycles. The summed E-state index contributed by atoms with van der Waals surface area (Å²) in [7, 11) is 0. The van der Waals surface area contributed by atoms with Gasteiger partial charge in [-0.3, -0.25) is 4.79 Å². The van der Waals surface area contributed by atoms with Crippen LogP contribution in [0, 0.1) is 0 Å². The summed E-state index contributed by atoms with van der Waals surface area (Å²) in [5.41, 5.74) is 2.22. The molecule has 7 nitrogen and oxygen atoms in total. The Morgan fingerprint density at radius 2 is 1.92 bits per heavy atom. The Labute approximate surface area is 149 Å². The molecule has 0 radical (unpaired) electrons. The van der Waals surface area contributed by atoms with E-state index in [0.717, 1.165) is 5.56 Å². The minimum Gasteiger partial charge on any atom is -0.508 e. The van der Waals surface area contributed by atoms with Crippen molar-refractivity contribution in [2.45, 2.75) is 19.3 Å². The first-order chi connectivity index (χ1) is 12.6. The molecule has 0 spiro atoms. The number of hydrogen-bond acceptors (Lipinski definition) is 7. The van der Waals surface area contributed by atoms with Gasteiger partial charge in [0.05, 0.1) is 12.2 Å². The van der Waals surface area contributed by atoms with E-state index in [9.17, 15) is 14.7 Å². The van der Waals surface area contributed by atoms with Gasteiger partial charge in [-0.1, -0.05) is 25.1 Å². The second-order valence-corrected chi connectivity index (χ2v) is 6.09. The molecule has 4 rings (SSSR count). The van der Waals surface area contributed by atoms with E-state index in [-0.39, 0.29) is 31.4 Å². The molecule has 2 aliphatic heterocycles. The highest BCUT2D eigenvalue weighted by Gasteiger charge is 2.35. The van der Waals surface area contributed by atoms with Crippen LogP contribution in [0.2, 0.25) is 0 Å². The summed E-state index contributed by atoms with van der Waals surface area (Å²) in [6.45, 7) is 2.01. The molecule has 1 unspecified atom stereocenters. The summed E-state index contributed by atoms with van der Waals surface area (Å²) >= 11 is 0. The maximum Gasteiger partial charge on any atom is 0.398 e. The summed E-state index contributed by atoms with van der Waals surface area (Å²) in [4.78, 5) is 28.8. The minimum atomic E-state index is -0.891. The third-order valence-corrected chi connectivity index (χ3v) is 4.57. The van der Waals surface area contributed by atoms with Crippen LogP contribution < -0.4 is 14.5 Å². The van der Waals surface area contributed by atoms with Crippen LogP contribution in [0.5, 0.6) is 17.2 Å². The number of ketones is 1. The minimum absolute atomic E-state index is 0.0758. The maximum absolute atomic E-state index is 11.9. The molecule has 7 heteroatoms. The number of phenols is 1. The predicted octanol–water partition coefficient (Wildman–Crippen LogP) is 2.51. The molecule has 0 saturated carbocycles. The monoisotopic (exact) mass is 355 g/mol. The fourth-order valence-electron chi connectivity index (χ4n) is 3.25. The van der Waals surface area contributed by atoms with Crippen LogP contribution in [0.4, 0.5) is 5.69 Å². The Balaban J connectivity index is 1.69. The van der Waals surface area contributed by atoms with E-state index in [0.29, 0.717) is 22.7 Å². The lowest BCUT2D eigenvalue weighted by Gasteiger charge is -2.18. The zero-order valence-corrected chi connectivity index (χ0v) is 14.1. The summed E-state index contributed by atoms with van der Waals surface area (Å²) in [6, 6.07) is 10.7. The Kier molecular flexibility index (Phi) is 3.91. The van der Waals surface area contributed by atoms with Crippen LogP contribution in [0.15, 0.2) is 36.4 Å². The van der Waals surface area contributed by atoms with Crippen molar-refractivity contribution in [3.05, 3.63) is 47.5 Å². The topological polar surface area (TPSA) is 85.3 Å². The van der Waals surface area contributed by atoms with E-state index >= 15 is 0 Å². The number of fused-ring (bicyclic) bond motifs is 2. The standard InChI is InChI=1S/C19H17NO6/c1-2-15(21)19(23)26-20-9-13(11-5-3-4-6-14(11)20)12-7-17-18(8-16(12)22)25-10-24-17/h3-8,13,22H,2,9-10H2,1H3. The van der Waals surface area contributed by atoms with Crippen molar-refractivity contribution in [1.29, 1.82) is 0 Å². The average Bonchev–Trinajstić information content (AvgIpc) is 3.24. The van der Waals surface area contributed by atoms with Crippen molar-refractivity contribution in [3.63, 3.8) is 0 Å². The molecule has 0 bridgehead atoms. The number of Topliss-reactive ketones (excluding diaryl/α,β-unsaturated/α-hetero) is 1. The first-order valence-corrected chi connectivity index (χ1v) is 8.32. The Morgan fingerprint density at radius 1 is 1.19 bits per heavy atom. The smallest absolute Gasteiger partial charge is 0.398 e. The number of benzene rings is 2. The van der Waals surface area contributed by atoms with E-state index in [4.69, 9.17) is 14.3 Å². The zero-order valence-electron chi connectivity index (χ0n) is 14.1.